The standard InChI is InChI=1S/2Ca.2ClH.H2O4S.2H/c;;;;1-5(2,3)4;;/h;;2*1H;(H2,1,2,3,4);;/q2*+2;;;;2*-1/p+1. The molecule has 0 atom stereocenters. The van der Waals surface area contributed by atoms with Crippen molar-refractivity contribution in [2.24, 2.45) is 0 Å². The molecule has 0 saturated heterocycles. The Kier molecular flexibility index (Phi) is 44.6. The van der Waals surface area contributed by atoms with Crippen LogP contribution in [0.2, 0.25) is 0 Å². The average molecular weight is 254 g/mol. The summed E-state index contributed by atoms with van der Waals surface area (Å²) in [5.41, 5.74) is 0. The van der Waals surface area contributed by atoms with Crippen LogP contribution in [0, 0.1) is 0 Å². The van der Waals surface area contributed by atoms with E-state index in [1.165, 1.54) is 0 Å². The topological polar surface area (TPSA) is 74.6 Å². The van der Waals surface area contributed by atoms with Crippen LogP contribution < -0.4 is 0 Å². The molecular weight excluding hydrogens is 247 g/mol. The molecule has 0 unspecified atom stereocenters. The molecule has 0 rings (SSSR count). The summed E-state index contributed by atoms with van der Waals surface area (Å²) in [5, 5.41) is 0. The first-order valence-electron chi connectivity index (χ1n) is 0.698. The van der Waals surface area contributed by atoms with Crippen LogP contribution in [0.3, 0.4) is 0 Å². The summed E-state index contributed by atoms with van der Waals surface area (Å²) in [6.07, 6.45) is 0. The fourth-order valence-electron chi connectivity index (χ4n) is 0. The Morgan fingerprint density at radius 3 is 1.11 bits per heavy atom. The fourth-order valence-corrected chi connectivity index (χ4v) is 0. The van der Waals surface area contributed by atoms with Gasteiger partial charge in [-0.15, -0.1) is 24.8 Å². The van der Waals surface area contributed by atoms with E-state index in [0.29, 0.717) is 0 Å². The zero-order valence-electron chi connectivity index (χ0n) is 7.35. The second kappa shape index (κ2) is 13.6. The molecule has 0 aromatic heterocycles. The van der Waals surface area contributed by atoms with Crippen LogP contribution in [0.15, 0.2) is 0 Å². The summed E-state index contributed by atoms with van der Waals surface area (Å²) in [5.74, 6) is 0. The molecule has 0 bridgehead atoms. The van der Waals surface area contributed by atoms with E-state index in [9.17, 15) is 0 Å². The third-order valence-electron chi connectivity index (χ3n) is 0. The van der Waals surface area contributed by atoms with Crippen molar-refractivity contribution in [1.29, 1.82) is 0 Å². The quantitative estimate of drug-likeness (QED) is 0.462. The van der Waals surface area contributed by atoms with Gasteiger partial charge in [0.05, 0.1) is 0 Å². The second-order valence-electron chi connectivity index (χ2n) is 0.448. The summed E-state index contributed by atoms with van der Waals surface area (Å²) < 4.78 is 31.6. The molecule has 0 spiro atoms. The summed E-state index contributed by atoms with van der Waals surface area (Å²) >= 11 is 0. The predicted octanol–water partition coefficient (Wildman–Crippen LogP) is -0.233. The minimum Gasteiger partial charge on any atom is -1.00 e. The molecule has 9 heteroatoms. The molecule has 0 aromatic carbocycles. The molecule has 0 saturated carbocycles. The first kappa shape index (κ1) is 29.7. The van der Waals surface area contributed by atoms with Gasteiger partial charge >= 0.3 is 87.3 Å². The van der Waals surface area contributed by atoms with Crippen LogP contribution in [-0.4, -0.2) is 93.0 Å². The number of hydrogen-bond donors (Lipinski definition) is 2. The molecule has 0 radical (unpaired) electrons. The Morgan fingerprint density at radius 2 is 1.11 bits per heavy atom. The van der Waals surface area contributed by atoms with Crippen LogP contribution in [0.1, 0.15) is 4.28 Å². The molecule has 0 aliphatic heterocycles. The number of hydrogen-bond acceptors (Lipinski definition) is 2. The summed E-state index contributed by atoms with van der Waals surface area (Å²) in [6, 6.07) is 0. The minimum absolute atomic E-state index is 0. The molecule has 52 valence electrons. The maximum absolute atomic E-state index is 8.74. The van der Waals surface area contributed by atoms with E-state index in [4.69, 9.17) is 17.5 Å². The molecule has 0 aliphatic rings. The Morgan fingerprint density at radius 1 is 1.11 bits per heavy atom. The number of halogens is 2. The van der Waals surface area contributed by atoms with E-state index < -0.39 is 10.4 Å². The van der Waals surface area contributed by atoms with Gasteiger partial charge in [-0.2, -0.15) is 8.42 Å². The largest absolute Gasteiger partial charge is 2.00 e. The monoisotopic (exact) mass is 253 g/mol. The van der Waals surface area contributed by atoms with Gasteiger partial charge in [0.1, 0.15) is 0 Å². The SMILES string of the molecule is Cl.Cl.O=S(=O)(O)O.[Ca+2].[Ca+2].[H+].[H-].[H-]. The van der Waals surface area contributed by atoms with Crippen molar-refractivity contribution in [1.82, 2.24) is 0 Å². The molecule has 9 heavy (non-hydrogen) atoms. The minimum atomic E-state index is -4.67. The van der Waals surface area contributed by atoms with Crippen molar-refractivity contribution < 1.29 is 21.8 Å². The first-order valence-corrected chi connectivity index (χ1v) is 2.10. The Balaban J connectivity index is -0.00000000381. The zero-order valence-corrected chi connectivity index (χ0v) is 11.2. The van der Waals surface area contributed by atoms with Gasteiger partial charge in [0.2, 0.25) is 0 Å². The van der Waals surface area contributed by atoms with Crippen LogP contribution >= 0.6 is 24.8 Å². The van der Waals surface area contributed by atoms with Crippen molar-refractivity contribution in [3.63, 3.8) is 0 Å². The molecule has 0 heterocycles. The van der Waals surface area contributed by atoms with E-state index in [-0.39, 0.29) is 105 Å². The molecule has 0 aliphatic carbocycles. The average Bonchev–Trinajstić information content (AvgIpc) is 0.722. The van der Waals surface area contributed by atoms with Gasteiger partial charge < -0.3 is 2.85 Å². The van der Waals surface area contributed by atoms with Gasteiger partial charge in [0, 0.05) is 0 Å². The normalized spacial score (nSPS) is 6.44. The van der Waals surface area contributed by atoms with Crippen molar-refractivity contribution in [3.8, 4) is 0 Å². The first-order chi connectivity index (χ1) is 2.00. The van der Waals surface area contributed by atoms with Gasteiger partial charge in [-0.25, -0.2) is 0 Å². The summed E-state index contributed by atoms with van der Waals surface area (Å²) in [7, 11) is -4.67. The van der Waals surface area contributed by atoms with Crippen LogP contribution in [0.4, 0.5) is 0 Å². The summed E-state index contributed by atoms with van der Waals surface area (Å²) in [4.78, 5) is 0. The third kappa shape index (κ3) is 100. The predicted molar refractivity (Wildman–Crippen MR) is 43.5 cm³/mol. The van der Waals surface area contributed by atoms with Crippen LogP contribution in [0.5, 0.6) is 0 Å². The van der Waals surface area contributed by atoms with Gasteiger partial charge in [-0.3, -0.25) is 9.11 Å². The third-order valence-corrected chi connectivity index (χ3v) is 0. The Labute approximate surface area is 130 Å². The van der Waals surface area contributed by atoms with E-state index in [1.54, 1.807) is 0 Å². The molecule has 2 N–H and O–H groups in total. The van der Waals surface area contributed by atoms with Gasteiger partial charge in [-0.1, -0.05) is 0 Å². The number of rotatable bonds is 0. The van der Waals surface area contributed by atoms with Crippen molar-refractivity contribution in [2.75, 3.05) is 0 Å². The maximum Gasteiger partial charge on any atom is 2.00 e. The van der Waals surface area contributed by atoms with E-state index in [2.05, 4.69) is 0 Å². The summed E-state index contributed by atoms with van der Waals surface area (Å²) in [6.45, 7) is 0. The van der Waals surface area contributed by atoms with E-state index >= 15 is 0 Å². The van der Waals surface area contributed by atoms with Crippen molar-refractivity contribution in [2.45, 2.75) is 0 Å². The maximum atomic E-state index is 8.74. The Bertz CT molecular complexity index is 109. The van der Waals surface area contributed by atoms with E-state index in [1.807, 2.05) is 0 Å². The zero-order chi connectivity index (χ0) is 4.50. The van der Waals surface area contributed by atoms with Crippen molar-refractivity contribution in [3.05, 3.63) is 0 Å². The van der Waals surface area contributed by atoms with Gasteiger partial charge in [0.25, 0.3) is 0 Å². The molecule has 0 aromatic rings. The van der Waals surface area contributed by atoms with Crippen LogP contribution in [-0.2, 0) is 10.4 Å². The van der Waals surface area contributed by atoms with Crippen LogP contribution in [0.25, 0.3) is 0 Å². The molecule has 0 amide bonds. The second-order valence-corrected chi connectivity index (χ2v) is 1.34. The van der Waals surface area contributed by atoms with Gasteiger partial charge in [0.15, 0.2) is 0 Å². The fraction of sp³-hybridized carbons (Fsp3) is 0. The molecule has 0 fully saturated rings. The molecule has 4 nitrogen and oxygen atoms in total. The molecular formula is H7Ca2Cl2O4S+3. The van der Waals surface area contributed by atoms with Crippen molar-refractivity contribution >= 4 is 111 Å². The van der Waals surface area contributed by atoms with Gasteiger partial charge in [-0.05, 0) is 0 Å². The Hall–Kier alpha value is 2.97. The smallest absolute Gasteiger partial charge is 1.00 e. The van der Waals surface area contributed by atoms with E-state index in [0.717, 1.165) is 0 Å².